The van der Waals surface area contributed by atoms with Gasteiger partial charge in [0.1, 0.15) is 23.0 Å². The lowest BCUT2D eigenvalue weighted by Gasteiger charge is -2.41. The largest absolute Gasteiger partial charge is 0.497 e. The van der Waals surface area contributed by atoms with Gasteiger partial charge in [-0.2, -0.15) is 0 Å². The zero-order chi connectivity index (χ0) is 40.0. The standard InChI is InChI=1S/C53H51NO5/c1-32-6-10-35(11-7-32)42-29-43-44(30-48(42)57-5)51-41(50-49(43)40-18-8-33(2)26-45(40)52(50)31-34-9-12-37(52)27-34)20-21-53(59-51,36-13-16-39(55-3)17-14-36)38-15-19-47(56-4)46(28-38)54-22-24-58-25-23-54/h6-8,10-11,13-21,26,28-30,34,37H,9,12,22-25,27,31H2,1-5H3. The van der Waals surface area contributed by atoms with Crippen molar-refractivity contribution in [2.75, 3.05) is 52.5 Å². The number of hydrogen-bond acceptors (Lipinski definition) is 6. The molecule has 2 bridgehead atoms. The maximum absolute atomic E-state index is 7.92. The second-order valence-corrected chi connectivity index (χ2v) is 17.4. The van der Waals surface area contributed by atoms with Crippen molar-refractivity contribution < 1.29 is 23.7 Å². The minimum atomic E-state index is -0.972. The van der Waals surface area contributed by atoms with Gasteiger partial charge in [0, 0.05) is 46.1 Å². The maximum Gasteiger partial charge on any atom is 0.178 e. The number of rotatable bonds is 7. The van der Waals surface area contributed by atoms with Crippen molar-refractivity contribution in [1.29, 1.82) is 0 Å². The van der Waals surface area contributed by atoms with Gasteiger partial charge in [0.05, 0.1) is 40.2 Å². The van der Waals surface area contributed by atoms with Crippen molar-refractivity contribution in [3.05, 3.63) is 142 Å². The summed E-state index contributed by atoms with van der Waals surface area (Å²) < 4.78 is 31.7. The van der Waals surface area contributed by atoms with Crippen LogP contribution >= 0.6 is 0 Å². The number of ether oxygens (including phenoxy) is 5. The molecule has 3 fully saturated rings. The molecular weight excluding hydrogens is 731 g/mol. The summed E-state index contributed by atoms with van der Waals surface area (Å²) in [6.07, 6.45) is 9.78. The number of benzene rings is 6. The molecule has 6 heteroatoms. The molecule has 2 saturated carbocycles. The summed E-state index contributed by atoms with van der Waals surface area (Å²) in [6, 6.07) is 35.6. The Morgan fingerprint density at radius 1 is 0.695 bits per heavy atom. The first-order valence-corrected chi connectivity index (χ1v) is 21.3. The maximum atomic E-state index is 7.92. The molecule has 4 atom stereocenters. The normalized spacial score (nSPS) is 23.6. The fourth-order valence-electron chi connectivity index (χ4n) is 11.7. The average molecular weight is 782 g/mol. The molecule has 2 aliphatic heterocycles. The van der Waals surface area contributed by atoms with E-state index in [-0.39, 0.29) is 5.41 Å². The Morgan fingerprint density at radius 2 is 1.46 bits per heavy atom. The fourth-order valence-corrected chi connectivity index (χ4v) is 11.7. The highest BCUT2D eigenvalue weighted by Gasteiger charge is 2.59. The SMILES string of the molecule is COc1ccc(C2(c3ccc(OC)c(N4CCOCC4)c3)C=Cc3c4c(c5cc(-c6ccc(C)cc6)c(OC)cc5c3O2)-c2ccc(C)cc2C42CC3CCC2C3)cc1. The first-order chi connectivity index (χ1) is 28.8. The third-order valence-corrected chi connectivity index (χ3v) is 14.4. The number of hydrogen-bond donors (Lipinski definition) is 0. The van der Waals surface area contributed by atoms with Crippen LogP contribution in [0.25, 0.3) is 39.1 Å². The van der Waals surface area contributed by atoms with Crippen LogP contribution in [-0.4, -0.2) is 47.6 Å². The number of anilines is 1. The monoisotopic (exact) mass is 781 g/mol. The third-order valence-electron chi connectivity index (χ3n) is 14.4. The molecule has 0 aromatic heterocycles. The molecule has 3 aliphatic carbocycles. The lowest BCUT2D eigenvalue weighted by Crippen LogP contribution is -2.38. The van der Waals surface area contributed by atoms with Crippen molar-refractivity contribution >= 4 is 22.5 Å². The van der Waals surface area contributed by atoms with Gasteiger partial charge >= 0.3 is 0 Å². The predicted molar refractivity (Wildman–Crippen MR) is 237 cm³/mol. The highest BCUT2D eigenvalue weighted by Crippen LogP contribution is 2.69. The van der Waals surface area contributed by atoms with E-state index in [0.717, 1.165) is 75.3 Å². The van der Waals surface area contributed by atoms with Crippen LogP contribution in [0, 0.1) is 25.7 Å². The summed E-state index contributed by atoms with van der Waals surface area (Å²) in [7, 11) is 5.25. The average Bonchev–Trinajstić information content (AvgIpc) is 3.98. The number of morpholine rings is 1. The van der Waals surface area contributed by atoms with Gasteiger partial charge in [0.15, 0.2) is 5.60 Å². The van der Waals surface area contributed by atoms with Gasteiger partial charge in [-0.25, -0.2) is 0 Å². The van der Waals surface area contributed by atoms with Crippen LogP contribution in [0.2, 0.25) is 0 Å². The molecular formula is C53H51NO5. The summed E-state index contributed by atoms with van der Waals surface area (Å²) >= 11 is 0. The van der Waals surface area contributed by atoms with E-state index in [1.165, 1.54) is 70.0 Å². The van der Waals surface area contributed by atoms with E-state index in [4.69, 9.17) is 23.7 Å². The van der Waals surface area contributed by atoms with Gasteiger partial charge < -0.3 is 28.6 Å². The Bertz CT molecular complexity index is 2680. The molecule has 0 radical (unpaired) electrons. The number of methoxy groups -OCH3 is 3. The van der Waals surface area contributed by atoms with Gasteiger partial charge in [-0.15, -0.1) is 0 Å². The summed E-state index contributed by atoms with van der Waals surface area (Å²) in [5, 5.41) is 2.27. The van der Waals surface area contributed by atoms with Crippen molar-refractivity contribution in [3.8, 4) is 45.3 Å². The minimum absolute atomic E-state index is 0.0702. The van der Waals surface area contributed by atoms with Crippen molar-refractivity contribution in [3.63, 3.8) is 0 Å². The fraction of sp³-hybridized carbons (Fsp3) is 0.321. The Hall–Kier alpha value is -5.72. The van der Waals surface area contributed by atoms with E-state index in [2.05, 4.69) is 116 Å². The third kappa shape index (κ3) is 5.34. The Balaban J connectivity index is 1.22. The lowest BCUT2D eigenvalue weighted by atomic mass is 9.65. The lowest BCUT2D eigenvalue weighted by molar-refractivity contribution is 0.122. The Labute approximate surface area is 347 Å². The van der Waals surface area contributed by atoms with Gasteiger partial charge in [-0.3, -0.25) is 0 Å². The van der Waals surface area contributed by atoms with Crippen molar-refractivity contribution in [2.45, 2.75) is 50.5 Å². The Kier molecular flexibility index (Phi) is 8.43. The Morgan fingerprint density at radius 3 is 2.17 bits per heavy atom. The van der Waals surface area contributed by atoms with Crippen molar-refractivity contribution in [2.24, 2.45) is 11.8 Å². The molecule has 59 heavy (non-hydrogen) atoms. The molecule has 0 N–H and O–H groups in total. The molecule has 1 spiro atoms. The van der Waals surface area contributed by atoms with E-state index < -0.39 is 5.60 Å². The minimum Gasteiger partial charge on any atom is -0.497 e. The zero-order valence-corrected chi connectivity index (χ0v) is 34.7. The number of aryl methyl sites for hydroxylation is 2. The smallest absolute Gasteiger partial charge is 0.178 e. The van der Waals surface area contributed by atoms with E-state index in [1.54, 1.807) is 21.3 Å². The quantitative estimate of drug-likeness (QED) is 0.161. The highest BCUT2D eigenvalue weighted by molar-refractivity contribution is 6.11. The summed E-state index contributed by atoms with van der Waals surface area (Å²) in [5.74, 6) is 4.69. The van der Waals surface area contributed by atoms with Gasteiger partial charge in [0.2, 0.25) is 0 Å². The summed E-state index contributed by atoms with van der Waals surface area (Å²) in [6.45, 7) is 7.33. The first-order valence-electron chi connectivity index (χ1n) is 21.3. The molecule has 6 aromatic carbocycles. The molecule has 1 saturated heterocycles. The van der Waals surface area contributed by atoms with E-state index in [9.17, 15) is 0 Å². The van der Waals surface area contributed by atoms with E-state index >= 15 is 0 Å². The molecule has 4 unspecified atom stereocenters. The van der Waals surface area contributed by atoms with Gasteiger partial charge in [0.25, 0.3) is 0 Å². The van der Waals surface area contributed by atoms with Crippen LogP contribution in [0.1, 0.15) is 64.6 Å². The van der Waals surface area contributed by atoms with Gasteiger partial charge in [-0.05, 0) is 121 Å². The predicted octanol–water partition coefficient (Wildman–Crippen LogP) is 11.4. The van der Waals surface area contributed by atoms with Gasteiger partial charge in [-0.1, -0.05) is 84.3 Å². The molecule has 2 heterocycles. The molecule has 11 rings (SSSR count). The molecule has 5 aliphatic rings. The van der Waals surface area contributed by atoms with E-state index in [0.29, 0.717) is 19.1 Å². The highest BCUT2D eigenvalue weighted by atomic mass is 16.5. The first kappa shape index (κ1) is 36.4. The van der Waals surface area contributed by atoms with Crippen molar-refractivity contribution in [1.82, 2.24) is 0 Å². The van der Waals surface area contributed by atoms with Crippen LogP contribution in [0.5, 0.6) is 23.0 Å². The van der Waals surface area contributed by atoms with Crippen LogP contribution in [-0.2, 0) is 15.8 Å². The second kappa shape index (κ2) is 13.7. The molecule has 0 amide bonds. The second-order valence-electron chi connectivity index (χ2n) is 17.4. The van der Waals surface area contributed by atoms with Crippen LogP contribution in [0.3, 0.4) is 0 Å². The van der Waals surface area contributed by atoms with Crippen LogP contribution in [0.4, 0.5) is 5.69 Å². The van der Waals surface area contributed by atoms with Crippen LogP contribution < -0.4 is 23.8 Å². The molecule has 6 aromatic rings. The van der Waals surface area contributed by atoms with E-state index in [1.807, 2.05) is 12.1 Å². The molecule has 298 valence electrons. The zero-order valence-electron chi connectivity index (χ0n) is 34.7. The number of fused-ring (bicyclic) bond motifs is 13. The molecule has 6 nitrogen and oxygen atoms in total. The van der Waals surface area contributed by atoms with Crippen LogP contribution in [0.15, 0.2) is 103 Å². The number of nitrogens with zero attached hydrogens (tertiary/aromatic N) is 1. The summed E-state index contributed by atoms with van der Waals surface area (Å²) in [4.78, 5) is 2.37. The topological polar surface area (TPSA) is 49.4 Å². The summed E-state index contributed by atoms with van der Waals surface area (Å²) in [5.41, 5.74) is 13.7.